The molecule has 2 aliphatic rings. The van der Waals surface area contributed by atoms with Gasteiger partial charge in [-0.15, -0.1) is 11.3 Å². The number of hydrogen-bond acceptors (Lipinski definition) is 8. The summed E-state index contributed by atoms with van der Waals surface area (Å²) in [5.41, 5.74) is 1.72. The number of aromatic nitrogens is 1. The molecule has 3 aromatic rings. The number of imide groups is 1. The highest BCUT2D eigenvalue weighted by atomic mass is 32.2. The van der Waals surface area contributed by atoms with Gasteiger partial charge in [-0.2, -0.15) is 0 Å². The molecule has 1 fully saturated rings. The van der Waals surface area contributed by atoms with Crippen molar-refractivity contribution in [2.45, 2.75) is 23.1 Å². The molecule has 0 aliphatic carbocycles. The van der Waals surface area contributed by atoms with Crippen LogP contribution in [0.4, 0.5) is 5.69 Å². The molecule has 0 spiro atoms. The van der Waals surface area contributed by atoms with E-state index in [-0.39, 0.29) is 24.3 Å². The summed E-state index contributed by atoms with van der Waals surface area (Å²) in [7, 11) is 1.60. The Morgan fingerprint density at radius 2 is 1.79 bits per heavy atom. The maximum Gasteiger partial charge on any atom is 0.338 e. The number of carbonyl (C=O) groups excluding carboxylic acids is 3. The maximum absolute atomic E-state index is 13.7. The van der Waals surface area contributed by atoms with Gasteiger partial charge in [0.05, 0.1) is 35.9 Å². The highest BCUT2D eigenvalue weighted by Gasteiger charge is 2.56. The number of carbonyl (C=O) groups is 3. The van der Waals surface area contributed by atoms with E-state index in [0.717, 1.165) is 15.5 Å². The molecule has 1 aromatic heterocycles. The summed E-state index contributed by atoms with van der Waals surface area (Å²) in [6, 6.07) is 13.9. The number of esters is 1. The zero-order chi connectivity index (χ0) is 24.0. The van der Waals surface area contributed by atoms with Crippen LogP contribution in [0.3, 0.4) is 0 Å². The van der Waals surface area contributed by atoms with E-state index in [1.165, 1.54) is 28.0 Å². The first kappa shape index (κ1) is 22.8. The van der Waals surface area contributed by atoms with Crippen LogP contribution in [0.1, 0.15) is 33.6 Å². The molecule has 174 valence electrons. The fourth-order valence-corrected chi connectivity index (χ4v) is 7.36. The molecule has 3 atom stereocenters. The zero-order valence-electron chi connectivity index (χ0n) is 18.3. The van der Waals surface area contributed by atoms with Crippen molar-refractivity contribution < 1.29 is 23.9 Å². The third-order valence-corrected chi connectivity index (χ3v) is 8.69. The SMILES string of the molecule is CCOC(=O)c1ccc(N2C(=O)[C@H]3[C@H](c4ccc(OC)cc4)c4sc(=S)[nH]c4S[C@@H]3C2=O)cc1. The van der Waals surface area contributed by atoms with Gasteiger partial charge >= 0.3 is 5.97 Å². The van der Waals surface area contributed by atoms with Crippen molar-refractivity contribution >= 4 is 58.8 Å². The number of aromatic amines is 1. The normalized spacial score (nSPS) is 21.2. The quantitative estimate of drug-likeness (QED) is 0.299. The lowest BCUT2D eigenvalue weighted by Crippen LogP contribution is -2.32. The molecule has 34 heavy (non-hydrogen) atoms. The van der Waals surface area contributed by atoms with Crippen molar-refractivity contribution in [3.8, 4) is 5.75 Å². The van der Waals surface area contributed by atoms with E-state index in [9.17, 15) is 14.4 Å². The first-order chi connectivity index (χ1) is 16.4. The van der Waals surface area contributed by atoms with Crippen molar-refractivity contribution in [1.82, 2.24) is 4.98 Å². The first-order valence-corrected chi connectivity index (χ1v) is 12.7. The number of fused-ring (bicyclic) bond motifs is 2. The van der Waals surface area contributed by atoms with Crippen LogP contribution >= 0.6 is 35.3 Å². The van der Waals surface area contributed by atoms with Crippen molar-refractivity contribution in [3.63, 3.8) is 0 Å². The van der Waals surface area contributed by atoms with Crippen molar-refractivity contribution in [2.24, 2.45) is 5.92 Å². The summed E-state index contributed by atoms with van der Waals surface area (Å²) in [5, 5.41) is 0.245. The molecule has 1 saturated heterocycles. The third-order valence-electron chi connectivity index (χ3n) is 5.94. The minimum Gasteiger partial charge on any atom is -0.497 e. The van der Waals surface area contributed by atoms with Gasteiger partial charge in [0.1, 0.15) is 11.0 Å². The second kappa shape index (κ2) is 9.01. The molecule has 0 saturated carbocycles. The maximum atomic E-state index is 13.7. The van der Waals surface area contributed by atoms with Crippen LogP contribution in [-0.4, -0.2) is 41.7 Å². The number of nitrogens with zero attached hydrogens (tertiary/aromatic N) is 1. The number of H-pyrrole nitrogens is 1. The Hall–Kier alpha value is -2.95. The van der Waals surface area contributed by atoms with Crippen LogP contribution in [0.2, 0.25) is 0 Å². The zero-order valence-corrected chi connectivity index (χ0v) is 20.7. The summed E-state index contributed by atoms with van der Waals surface area (Å²) in [6.07, 6.45) is 0. The van der Waals surface area contributed by atoms with Gasteiger partial charge in [0.15, 0.2) is 3.95 Å². The fraction of sp³-hybridized carbons (Fsp3) is 0.250. The molecular formula is C24H20N2O5S3. The second-order valence-electron chi connectivity index (χ2n) is 7.80. The number of nitrogens with one attached hydrogen (secondary N) is 1. The summed E-state index contributed by atoms with van der Waals surface area (Å²) in [6.45, 7) is 2.00. The van der Waals surface area contributed by atoms with Gasteiger partial charge < -0.3 is 14.5 Å². The summed E-state index contributed by atoms with van der Waals surface area (Å²) in [5.74, 6) is -1.17. The van der Waals surface area contributed by atoms with Crippen LogP contribution in [0.25, 0.3) is 0 Å². The van der Waals surface area contributed by atoms with Crippen molar-refractivity contribution in [1.29, 1.82) is 0 Å². The molecule has 0 bridgehead atoms. The van der Waals surface area contributed by atoms with E-state index in [1.807, 2.05) is 24.3 Å². The van der Waals surface area contributed by atoms with Gasteiger partial charge in [-0.25, -0.2) is 9.69 Å². The number of thioether (sulfide) groups is 1. The topological polar surface area (TPSA) is 88.7 Å². The first-order valence-electron chi connectivity index (χ1n) is 10.6. The van der Waals surface area contributed by atoms with E-state index in [4.69, 9.17) is 21.7 Å². The van der Waals surface area contributed by atoms with Crippen LogP contribution in [0.15, 0.2) is 53.6 Å². The van der Waals surface area contributed by atoms with E-state index in [1.54, 1.807) is 38.3 Å². The molecule has 3 heterocycles. The molecule has 0 unspecified atom stereocenters. The number of thiazole rings is 1. The molecule has 2 aliphatic heterocycles. The molecule has 10 heteroatoms. The lowest BCUT2D eigenvalue weighted by Gasteiger charge is -2.30. The van der Waals surface area contributed by atoms with E-state index in [0.29, 0.717) is 21.0 Å². The summed E-state index contributed by atoms with van der Waals surface area (Å²) >= 11 is 8.17. The predicted molar refractivity (Wildman–Crippen MR) is 132 cm³/mol. The summed E-state index contributed by atoms with van der Waals surface area (Å²) < 4.78 is 10.9. The Morgan fingerprint density at radius 1 is 1.09 bits per heavy atom. The Labute approximate surface area is 209 Å². The number of rotatable bonds is 5. The van der Waals surface area contributed by atoms with Gasteiger partial charge in [0.2, 0.25) is 11.8 Å². The molecule has 1 N–H and O–H groups in total. The molecule has 0 radical (unpaired) electrons. The van der Waals surface area contributed by atoms with Crippen LogP contribution < -0.4 is 9.64 Å². The van der Waals surface area contributed by atoms with Gasteiger partial charge in [-0.05, 0) is 61.1 Å². The van der Waals surface area contributed by atoms with Gasteiger partial charge in [0.25, 0.3) is 0 Å². The lowest BCUT2D eigenvalue weighted by atomic mass is 9.83. The molecule has 7 nitrogen and oxygen atoms in total. The average molecular weight is 513 g/mol. The number of benzene rings is 2. The van der Waals surface area contributed by atoms with Crippen LogP contribution in [0.5, 0.6) is 5.75 Å². The number of amides is 2. The Bertz CT molecular complexity index is 1330. The summed E-state index contributed by atoms with van der Waals surface area (Å²) in [4.78, 5) is 44.6. The van der Waals surface area contributed by atoms with Gasteiger partial charge in [-0.1, -0.05) is 23.9 Å². The molecule has 5 rings (SSSR count). The van der Waals surface area contributed by atoms with Gasteiger partial charge in [0, 0.05) is 10.8 Å². The average Bonchev–Trinajstić information content (AvgIpc) is 3.34. The number of anilines is 1. The standard InChI is InChI=1S/C24H20N2O5S3/c1-3-31-23(29)13-4-8-14(9-5-13)26-21(27)17-16(12-6-10-15(30-2)11-7-12)18-20(25-24(32)34-18)33-19(17)22(26)28/h4-11,16-17,19H,3H2,1-2H3,(H,25,32)/t16-,17-,19-/m0/s1. The molecular weight excluding hydrogens is 492 g/mol. The fourth-order valence-electron chi connectivity index (χ4n) is 4.40. The van der Waals surface area contributed by atoms with Crippen LogP contribution in [0, 0.1) is 9.87 Å². The molecule has 2 amide bonds. The third kappa shape index (κ3) is 3.75. The lowest BCUT2D eigenvalue weighted by molar-refractivity contribution is -0.122. The predicted octanol–water partition coefficient (Wildman–Crippen LogP) is 4.79. The minimum atomic E-state index is -0.586. The molecule has 2 aromatic carbocycles. The smallest absolute Gasteiger partial charge is 0.338 e. The highest BCUT2D eigenvalue weighted by molar-refractivity contribution is 8.01. The monoisotopic (exact) mass is 512 g/mol. The van der Waals surface area contributed by atoms with Crippen LogP contribution in [-0.2, 0) is 14.3 Å². The van der Waals surface area contributed by atoms with E-state index in [2.05, 4.69) is 4.98 Å². The van der Waals surface area contributed by atoms with E-state index < -0.39 is 17.1 Å². The number of methoxy groups -OCH3 is 1. The van der Waals surface area contributed by atoms with E-state index >= 15 is 0 Å². The van der Waals surface area contributed by atoms with Crippen molar-refractivity contribution in [3.05, 3.63) is 68.5 Å². The highest BCUT2D eigenvalue weighted by Crippen LogP contribution is 2.54. The number of hydrogen-bond donors (Lipinski definition) is 1. The Kier molecular flexibility index (Phi) is 6.05. The minimum absolute atomic E-state index is 0.267. The largest absolute Gasteiger partial charge is 0.497 e. The number of ether oxygens (including phenoxy) is 2. The Balaban J connectivity index is 1.54. The Morgan fingerprint density at radius 3 is 2.44 bits per heavy atom. The van der Waals surface area contributed by atoms with Crippen molar-refractivity contribution in [2.75, 3.05) is 18.6 Å². The van der Waals surface area contributed by atoms with Gasteiger partial charge in [-0.3, -0.25) is 9.59 Å². The second-order valence-corrected chi connectivity index (χ2v) is 10.7.